The van der Waals surface area contributed by atoms with Crippen molar-refractivity contribution in [1.29, 1.82) is 0 Å². The molecule has 1 aromatic heterocycles. The molecule has 0 bridgehead atoms. The van der Waals surface area contributed by atoms with Crippen LogP contribution in [0.1, 0.15) is 47.1 Å². The fourth-order valence-electron chi connectivity index (χ4n) is 4.56. The lowest BCUT2D eigenvalue weighted by atomic mass is 9.95. The summed E-state index contributed by atoms with van der Waals surface area (Å²) in [6, 6.07) is 12.4. The second-order valence-corrected chi connectivity index (χ2v) is 9.64. The normalized spacial score (nSPS) is 15.3. The molecule has 44 heavy (non-hydrogen) atoms. The van der Waals surface area contributed by atoms with Crippen LogP contribution in [0, 0.1) is 6.92 Å². The molecule has 0 spiro atoms. The number of amides is 2. The molecule has 1 aliphatic rings. The van der Waals surface area contributed by atoms with E-state index in [1.165, 1.54) is 20.4 Å². The van der Waals surface area contributed by atoms with Crippen LogP contribution in [0.25, 0.3) is 11.3 Å². The van der Waals surface area contributed by atoms with Gasteiger partial charge in [0, 0.05) is 11.3 Å². The Morgan fingerprint density at radius 1 is 1.05 bits per heavy atom. The quantitative estimate of drug-likeness (QED) is 0.103. The van der Waals surface area contributed by atoms with Crippen LogP contribution in [0.2, 0.25) is 0 Å². The Balaban J connectivity index is 1.38. The molecule has 1 aliphatic heterocycles. The molecule has 0 saturated heterocycles. The number of aliphatic hydroxyl groups excluding tert-OH is 1. The average Bonchev–Trinajstić information content (AvgIpc) is 3.47. The number of furan rings is 1. The summed E-state index contributed by atoms with van der Waals surface area (Å²) in [6.07, 6.45) is 0.232. The Morgan fingerprint density at radius 3 is 2.52 bits per heavy atom. The summed E-state index contributed by atoms with van der Waals surface area (Å²) in [6.45, 7) is 5.43. The Hall–Kier alpha value is -5.30. The zero-order chi connectivity index (χ0) is 31.8. The number of hydrazone groups is 1. The zero-order valence-corrected chi connectivity index (χ0v) is 24.9. The minimum atomic E-state index is -1.18. The molecular formula is C31H34N4O9. The number of nitrogens with zero attached hydrogens (tertiary/aromatic N) is 1. The number of urea groups is 1. The van der Waals surface area contributed by atoms with Gasteiger partial charge in [-0.15, -0.1) is 0 Å². The third-order valence-corrected chi connectivity index (χ3v) is 6.63. The number of aliphatic hydroxyl groups is 1. The number of methoxy groups -OCH3 is 2. The molecule has 2 heterocycles. The molecule has 2 atom stereocenters. The summed E-state index contributed by atoms with van der Waals surface area (Å²) in [7, 11) is 2.60. The Bertz CT molecular complexity index is 1590. The molecule has 3 aromatic rings. The van der Waals surface area contributed by atoms with Gasteiger partial charge in [-0.2, -0.15) is 5.10 Å². The maximum atomic E-state index is 12.4. The SMILES string of the molecule is CCOc1cc([C@H]2NC(=O)NC(C)=C2C(=O)OC)ccc1OC[C@H](O)N/N=C\c1ccc(-c2ccc(C(=O)OC)cc2C)o1. The summed E-state index contributed by atoms with van der Waals surface area (Å²) in [5.41, 5.74) is 5.89. The number of ether oxygens (including phenoxy) is 4. The Kier molecular flexibility index (Phi) is 10.2. The summed E-state index contributed by atoms with van der Waals surface area (Å²) >= 11 is 0. The van der Waals surface area contributed by atoms with E-state index in [0.29, 0.717) is 46.5 Å². The summed E-state index contributed by atoms with van der Waals surface area (Å²) in [5, 5.41) is 19.7. The van der Waals surface area contributed by atoms with E-state index in [1.54, 1.807) is 62.4 Å². The molecule has 0 saturated carbocycles. The fraction of sp³-hybridized carbons (Fsp3) is 0.290. The van der Waals surface area contributed by atoms with Crippen LogP contribution in [0.3, 0.4) is 0 Å². The van der Waals surface area contributed by atoms with E-state index in [2.05, 4.69) is 21.2 Å². The van der Waals surface area contributed by atoms with Crippen molar-refractivity contribution < 1.29 is 42.9 Å². The van der Waals surface area contributed by atoms with E-state index in [0.717, 1.165) is 11.1 Å². The van der Waals surface area contributed by atoms with Gasteiger partial charge < -0.3 is 39.1 Å². The monoisotopic (exact) mass is 606 g/mol. The molecule has 13 heteroatoms. The number of aryl methyl sites for hydroxylation is 1. The molecule has 2 amide bonds. The van der Waals surface area contributed by atoms with Gasteiger partial charge in [0.1, 0.15) is 18.1 Å². The van der Waals surface area contributed by atoms with Crippen LogP contribution in [-0.2, 0) is 14.3 Å². The smallest absolute Gasteiger partial charge is 0.337 e. The first kappa shape index (κ1) is 31.6. The topological polar surface area (TPSA) is 170 Å². The summed E-state index contributed by atoms with van der Waals surface area (Å²) in [4.78, 5) is 36.3. The molecule has 0 unspecified atom stereocenters. The highest BCUT2D eigenvalue weighted by Crippen LogP contribution is 2.35. The lowest BCUT2D eigenvalue weighted by molar-refractivity contribution is -0.136. The number of esters is 2. The highest BCUT2D eigenvalue weighted by atomic mass is 16.5. The Labute approximate surface area is 253 Å². The van der Waals surface area contributed by atoms with E-state index in [-0.39, 0.29) is 12.2 Å². The van der Waals surface area contributed by atoms with Gasteiger partial charge in [-0.3, -0.25) is 5.43 Å². The first-order valence-corrected chi connectivity index (χ1v) is 13.7. The molecule has 0 aliphatic carbocycles. The number of carbonyl (C=O) groups is 3. The van der Waals surface area contributed by atoms with Crippen molar-refractivity contribution >= 4 is 24.2 Å². The minimum Gasteiger partial charge on any atom is -0.490 e. The zero-order valence-electron chi connectivity index (χ0n) is 24.9. The van der Waals surface area contributed by atoms with E-state index >= 15 is 0 Å². The predicted molar refractivity (Wildman–Crippen MR) is 159 cm³/mol. The third kappa shape index (κ3) is 7.36. The van der Waals surface area contributed by atoms with Crippen LogP contribution in [0.4, 0.5) is 4.79 Å². The largest absolute Gasteiger partial charge is 0.490 e. The van der Waals surface area contributed by atoms with E-state index in [1.807, 2.05) is 6.92 Å². The fourth-order valence-corrected chi connectivity index (χ4v) is 4.56. The molecule has 0 radical (unpaired) electrons. The van der Waals surface area contributed by atoms with Crippen LogP contribution in [0.5, 0.6) is 11.5 Å². The number of hydrogen-bond acceptors (Lipinski definition) is 11. The highest BCUT2D eigenvalue weighted by Gasteiger charge is 2.32. The molecule has 232 valence electrons. The molecule has 0 fully saturated rings. The van der Waals surface area contributed by atoms with Gasteiger partial charge >= 0.3 is 18.0 Å². The van der Waals surface area contributed by atoms with E-state index in [9.17, 15) is 19.5 Å². The molecule has 4 N–H and O–H groups in total. The van der Waals surface area contributed by atoms with Crippen LogP contribution in [-0.4, -0.2) is 63.0 Å². The van der Waals surface area contributed by atoms with Crippen molar-refractivity contribution in [2.45, 2.75) is 33.0 Å². The number of benzene rings is 2. The van der Waals surface area contributed by atoms with Crippen molar-refractivity contribution in [3.05, 3.63) is 82.3 Å². The second-order valence-electron chi connectivity index (χ2n) is 9.64. The highest BCUT2D eigenvalue weighted by molar-refractivity contribution is 5.95. The van der Waals surface area contributed by atoms with Gasteiger partial charge in [0.05, 0.1) is 44.2 Å². The molecule has 4 rings (SSSR count). The van der Waals surface area contributed by atoms with Gasteiger partial charge in [0.25, 0.3) is 0 Å². The van der Waals surface area contributed by atoms with Crippen molar-refractivity contribution in [1.82, 2.24) is 16.1 Å². The number of allylic oxidation sites excluding steroid dienone is 1. The average molecular weight is 607 g/mol. The molecule has 13 nitrogen and oxygen atoms in total. The van der Waals surface area contributed by atoms with Crippen LogP contribution in [0.15, 0.2) is 69.3 Å². The van der Waals surface area contributed by atoms with Crippen molar-refractivity contribution in [2.75, 3.05) is 27.4 Å². The maximum absolute atomic E-state index is 12.4. The van der Waals surface area contributed by atoms with E-state index in [4.69, 9.17) is 23.4 Å². The number of nitrogens with one attached hydrogen (secondary N) is 3. The lowest BCUT2D eigenvalue weighted by Gasteiger charge is -2.28. The van der Waals surface area contributed by atoms with Crippen molar-refractivity contribution in [3.8, 4) is 22.8 Å². The first-order chi connectivity index (χ1) is 21.1. The van der Waals surface area contributed by atoms with Crippen molar-refractivity contribution in [2.24, 2.45) is 5.10 Å². The molecular weight excluding hydrogens is 572 g/mol. The van der Waals surface area contributed by atoms with Crippen LogP contribution >= 0.6 is 0 Å². The number of hydrogen-bond donors (Lipinski definition) is 4. The Morgan fingerprint density at radius 2 is 1.82 bits per heavy atom. The lowest BCUT2D eigenvalue weighted by Crippen LogP contribution is -2.45. The van der Waals surface area contributed by atoms with Gasteiger partial charge in [0.2, 0.25) is 0 Å². The van der Waals surface area contributed by atoms with E-state index < -0.39 is 30.2 Å². The second kappa shape index (κ2) is 14.2. The predicted octanol–water partition coefficient (Wildman–Crippen LogP) is 3.56. The number of carbonyl (C=O) groups excluding carboxylic acids is 3. The number of rotatable bonds is 12. The van der Waals surface area contributed by atoms with Gasteiger partial charge in [-0.1, -0.05) is 12.1 Å². The third-order valence-electron chi connectivity index (χ3n) is 6.63. The summed E-state index contributed by atoms with van der Waals surface area (Å²) in [5.74, 6) is 0.721. The van der Waals surface area contributed by atoms with Crippen LogP contribution < -0.4 is 25.5 Å². The maximum Gasteiger partial charge on any atom is 0.337 e. The first-order valence-electron chi connectivity index (χ1n) is 13.7. The minimum absolute atomic E-state index is 0.178. The molecule has 2 aromatic carbocycles. The standard InChI is InChI=1S/C31H34N4O9/c1-6-42-25-14-19(28-27(30(38)41-5)18(3)33-31(39)34-28)8-11-24(25)43-16-26(36)35-32-15-21-9-12-23(44-21)22-10-7-20(13-17(22)2)29(37)40-4/h7-15,26,28,35-36H,6,16H2,1-5H3,(H2,33,34,39)/b32-15-/t26-,28+/m0/s1. The van der Waals surface area contributed by atoms with Gasteiger partial charge in [0.15, 0.2) is 17.7 Å². The van der Waals surface area contributed by atoms with Gasteiger partial charge in [-0.25, -0.2) is 14.4 Å². The van der Waals surface area contributed by atoms with Crippen molar-refractivity contribution in [3.63, 3.8) is 0 Å². The summed E-state index contributed by atoms with van der Waals surface area (Å²) < 4.78 is 27.0. The van der Waals surface area contributed by atoms with Gasteiger partial charge in [-0.05, 0) is 68.3 Å².